The zero-order valence-corrected chi connectivity index (χ0v) is 43.0. The van der Waals surface area contributed by atoms with Crippen LogP contribution in [0.1, 0.15) is 77.6 Å². The van der Waals surface area contributed by atoms with Crippen molar-refractivity contribution in [1.29, 1.82) is 0 Å². The van der Waals surface area contributed by atoms with E-state index in [1.165, 1.54) is 137 Å². The number of para-hydroxylation sites is 3. The van der Waals surface area contributed by atoms with E-state index in [0.717, 1.165) is 5.69 Å². The van der Waals surface area contributed by atoms with E-state index in [-0.39, 0.29) is 23.0 Å². The van der Waals surface area contributed by atoms with E-state index in [2.05, 4.69) is 251 Å². The fraction of sp³-hybridized carbons (Fsp3) is 0.164. The van der Waals surface area contributed by atoms with E-state index in [4.69, 9.17) is 0 Å². The highest BCUT2D eigenvalue weighted by atomic mass is 32.1. The maximum atomic E-state index is 2.70. The molecule has 5 heteroatoms. The Labute approximate surface area is 425 Å². The monoisotopic (exact) mass is 943 g/mol. The molecule has 0 atom stereocenters. The smallest absolute Gasteiger partial charge is 0.264 e. The lowest BCUT2D eigenvalue weighted by molar-refractivity contribution is 0.590. The van der Waals surface area contributed by atoms with Crippen molar-refractivity contribution in [2.45, 2.75) is 71.6 Å². The molecule has 0 saturated carbocycles. The van der Waals surface area contributed by atoms with Crippen molar-refractivity contribution < 1.29 is 0 Å². The molecule has 0 spiro atoms. The molecule has 0 amide bonds. The molecular weight excluding hydrogens is 890 g/mol. The van der Waals surface area contributed by atoms with Gasteiger partial charge in [-0.25, -0.2) is 0 Å². The third kappa shape index (κ3) is 5.58. The van der Waals surface area contributed by atoms with Crippen LogP contribution in [0.3, 0.4) is 0 Å². The minimum Gasteiger partial charge on any atom is -0.310 e. The van der Waals surface area contributed by atoms with Crippen LogP contribution in [0.2, 0.25) is 0 Å². The van der Waals surface area contributed by atoms with E-state index in [1.54, 1.807) is 0 Å². The second-order valence-electron chi connectivity index (χ2n) is 23.3. The zero-order valence-electron chi connectivity index (χ0n) is 42.1. The fourth-order valence-corrected chi connectivity index (χ4v) is 14.5. The first-order valence-electron chi connectivity index (χ1n) is 25.7. The second kappa shape index (κ2) is 14.3. The maximum Gasteiger partial charge on any atom is 0.264 e. The van der Waals surface area contributed by atoms with Gasteiger partial charge in [-0.2, -0.15) is 0 Å². The molecule has 0 unspecified atom stereocenters. The van der Waals surface area contributed by atoms with E-state index in [1.807, 2.05) is 11.3 Å². The molecule has 0 fully saturated rings. The van der Waals surface area contributed by atoms with Gasteiger partial charge in [0.1, 0.15) is 0 Å². The van der Waals surface area contributed by atoms with Gasteiger partial charge >= 0.3 is 0 Å². The van der Waals surface area contributed by atoms with Gasteiger partial charge in [0.25, 0.3) is 6.71 Å². The lowest BCUT2D eigenvalue weighted by Gasteiger charge is -2.39. The van der Waals surface area contributed by atoms with Gasteiger partial charge in [-0.1, -0.05) is 177 Å². The van der Waals surface area contributed by atoms with Crippen molar-refractivity contribution in [3.63, 3.8) is 0 Å². The van der Waals surface area contributed by atoms with Crippen molar-refractivity contribution in [3.05, 3.63) is 204 Å². The summed E-state index contributed by atoms with van der Waals surface area (Å²) in [7, 11) is 0. The summed E-state index contributed by atoms with van der Waals surface area (Å²) in [4.78, 5) is 2.66. The standard InChI is InChI=1S/C67H54BN3S/c1-65(2,3)41-26-29-44(30-27-41)70-56-36-40(39-25-31-46-45-19-12-14-22-52(45)67(7,8)53(46)35-39)37-57-59(56)68(64-63(70)51-38-42(66(4,5)6)28-34-58(51)72-64)54-23-16-21-48-50-33-32-49-47-20-13-15-24-55(47)69(43-17-10-9-11-18-43)61(49)62(50)71(57)60(48)54/h9-38H,1-8H3. The van der Waals surface area contributed by atoms with Crippen LogP contribution in [-0.2, 0) is 16.2 Å². The molecule has 2 aliphatic heterocycles. The molecule has 12 aromatic rings. The lowest BCUT2D eigenvalue weighted by atomic mass is 9.36. The Hall–Kier alpha value is -7.60. The Balaban J connectivity index is 1.12. The minimum atomic E-state index is -0.135. The number of benzene rings is 9. The molecule has 0 radical (unpaired) electrons. The highest BCUT2D eigenvalue weighted by Crippen LogP contribution is 2.52. The number of fused-ring (bicyclic) bond motifs is 16. The summed E-state index contributed by atoms with van der Waals surface area (Å²) in [6.07, 6.45) is 0. The van der Waals surface area contributed by atoms with Gasteiger partial charge < -0.3 is 14.0 Å². The van der Waals surface area contributed by atoms with Crippen LogP contribution in [0.4, 0.5) is 17.1 Å². The first-order valence-corrected chi connectivity index (χ1v) is 26.5. The van der Waals surface area contributed by atoms with Gasteiger partial charge in [-0.05, 0) is 127 Å². The number of rotatable bonds is 3. The summed E-state index contributed by atoms with van der Waals surface area (Å²) >= 11 is 1.99. The summed E-state index contributed by atoms with van der Waals surface area (Å²) in [5.41, 5.74) is 24.3. The number of nitrogens with zero attached hydrogens (tertiary/aromatic N) is 3. The van der Waals surface area contributed by atoms with E-state index < -0.39 is 0 Å². The Morgan fingerprint density at radius 1 is 0.458 bits per heavy atom. The fourth-order valence-electron chi connectivity index (χ4n) is 13.2. The molecule has 0 saturated heterocycles. The van der Waals surface area contributed by atoms with Crippen LogP contribution in [0.5, 0.6) is 0 Å². The highest BCUT2D eigenvalue weighted by Gasteiger charge is 2.45. The molecule has 3 nitrogen and oxygen atoms in total. The topological polar surface area (TPSA) is 13.1 Å². The van der Waals surface area contributed by atoms with E-state index >= 15 is 0 Å². The number of hydrogen-bond acceptors (Lipinski definition) is 2. The second-order valence-corrected chi connectivity index (χ2v) is 24.4. The molecule has 1 aliphatic carbocycles. The number of thiophene rings is 1. The molecule has 72 heavy (non-hydrogen) atoms. The molecule has 5 heterocycles. The van der Waals surface area contributed by atoms with Gasteiger partial charge in [-0.15, -0.1) is 11.3 Å². The van der Waals surface area contributed by atoms with Crippen molar-refractivity contribution in [2.24, 2.45) is 0 Å². The third-order valence-corrected chi connectivity index (χ3v) is 18.0. The zero-order chi connectivity index (χ0) is 48.7. The highest BCUT2D eigenvalue weighted by molar-refractivity contribution is 7.33. The molecule has 0 N–H and O–H groups in total. The number of aromatic nitrogens is 2. The Morgan fingerprint density at radius 3 is 1.90 bits per heavy atom. The predicted molar refractivity (Wildman–Crippen MR) is 310 cm³/mol. The first kappa shape index (κ1) is 42.1. The van der Waals surface area contributed by atoms with Crippen LogP contribution in [0, 0.1) is 0 Å². The number of hydrogen-bond donors (Lipinski definition) is 0. The first-order chi connectivity index (χ1) is 34.8. The van der Waals surface area contributed by atoms with Crippen molar-refractivity contribution in [1.82, 2.24) is 9.13 Å². The average Bonchev–Trinajstić information content (AvgIpc) is 4.11. The molecule has 3 aromatic heterocycles. The van der Waals surface area contributed by atoms with Gasteiger partial charge in [-0.3, -0.25) is 0 Å². The molecule has 15 rings (SSSR count). The average molecular weight is 944 g/mol. The van der Waals surface area contributed by atoms with Crippen LogP contribution in [0.25, 0.3) is 87.3 Å². The molecule has 346 valence electrons. The SMILES string of the molecule is CC(C)(C)c1ccc(N2c3cc(-c4ccc5c(c4)C(C)(C)c4ccccc4-5)cc4c3B(c3sc5ccc(C(C)(C)C)cc5c32)c2cccc3c5ccc6c7ccccc7n(-c7ccccc7)c6c5n-4c23)cc1. The Morgan fingerprint density at radius 2 is 1.11 bits per heavy atom. The summed E-state index contributed by atoms with van der Waals surface area (Å²) in [6, 6.07) is 70.1. The van der Waals surface area contributed by atoms with E-state index in [9.17, 15) is 0 Å². The van der Waals surface area contributed by atoms with Crippen LogP contribution < -0.4 is 20.6 Å². The summed E-state index contributed by atoms with van der Waals surface area (Å²) < 4.78 is 7.95. The molecule has 3 aliphatic rings. The Kier molecular flexibility index (Phi) is 8.37. The van der Waals surface area contributed by atoms with Gasteiger partial charge in [0.2, 0.25) is 0 Å². The van der Waals surface area contributed by atoms with Gasteiger partial charge in [0.15, 0.2) is 0 Å². The van der Waals surface area contributed by atoms with Crippen LogP contribution in [-0.4, -0.2) is 15.8 Å². The van der Waals surface area contributed by atoms with Crippen LogP contribution in [0.15, 0.2) is 182 Å². The maximum absolute atomic E-state index is 2.70. The summed E-state index contributed by atoms with van der Waals surface area (Å²) in [5.74, 6) is 0. The number of anilines is 3. The largest absolute Gasteiger partial charge is 0.310 e. The minimum absolute atomic E-state index is 0.0129. The van der Waals surface area contributed by atoms with Gasteiger partial charge in [0.05, 0.1) is 22.2 Å². The van der Waals surface area contributed by atoms with Crippen LogP contribution >= 0.6 is 11.3 Å². The lowest BCUT2D eigenvalue weighted by Crippen LogP contribution is -2.59. The van der Waals surface area contributed by atoms with Crippen molar-refractivity contribution >= 4 is 105 Å². The summed E-state index contributed by atoms with van der Waals surface area (Å²) in [6.45, 7) is 18.8. The third-order valence-electron chi connectivity index (χ3n) is 16.8. The summed E-state index contributed by atoms with van der Waals surface area (Å²) in [5, 5.41) is 6.41. The van der Waals surface area contributed by atoms with Crippen molar-refractivity contribution in [3.8, 4) is 33.6 Å². The quantitative estimate of drug-likeness (QED) is 0.161. The van der Waals surface area contributed by atoms with Gasteiger partial charge in [0, 0.05) is 70.1 Å². The molecule has 9 aromatic carbocycles. The van der Waals surface area contributed by atoms with Crippen molar-refractivity contribution in [2.75, 3.05) is 4.90 Å². The molecular formula is C67H54BN3S. The normalized spacial score (nSPS) is 14.4. The molecule has 0 bridgehead atoms. The Bertz CT molecular complexity index is 4320. The van der Waals surface area contributed by atoms with E-state index in [0.29, 0.717) is 0 Å². The predicted octanol–water partition coefficient (Wildman–Crippen LogP) is 16.3.